The summed E-state index contributed by atoms with van der Waals surface area (Å²) in [4.78, 5) is 24.1. The Balaban J connectivity index is 2.06. The normalized spacial score (nSPS) is 13.4. The summed E-state index contributed by atoms with van der Waals surface area (Å²) in [6.45, 7) is -0.340. The van der Waals surface area contributed by atoms with Crippen LogP contribution in [0.2, 0.25) is 5.02 Å². The third kappa shape index (κ3) is 2.50. The maximum Gasteiger partial charge on any atom is 0.323 e. The molecule has 0 radical (unpaired) electrons. The number of amides is 1. The van der Waals surface area contributed by atoms with Crippen LogP contribution >= 0.6 is 11.6 Å². The van der Waals surface area contributed by atoms with Crippen molar-refractivity contribution >= 4 is 29.2 Å². The summed E-state index contributed by atoms with van der Waals surface area (Å²) in [5.74, 6) is -1.26. The molecule has 3 rings (SSSR count). The molecule has 0 aliphatic carbocycles. The van der Waals surface area contributed by atoms with Gasteiger partial charge in [-0.25, -0.2) is 0 Å². The largest absolute Gasteiger partial charge is 0.480 e. The minimum absolute atomic E-state index is 0.208. The first-order chi connectivity index (χ1) is 10.1. The highest BCUT2D eigenvalue weighted by Gasteiger charge is 2.30. The molecule has 1 aliphatic rings. The van der Waals surface area contributed by atoms with E-state index in [0.717, 1.165) is 16.7 Å². The molecule has 1 N–H and O–H groups in total. The van der Waals surface area contributed by atoms with Gasteiger partial charge in [0.15, 0.2) is 0 Å². The molecule has 106 valence electrons. The standard InChI is InChI=1S/C16H12ClNO3/c17-13-8-14-11(7-15(19)18(14)9-16(20)21)6-12(13)10-4-2-1-3-5-10/h1-6,8H,7,9H2,(H,20,21). The van der Waals surface area contributed by atoms with E-state index in [4.69, 9.17) is 16.7 Å². The van der Waals surface area contributed by atoms with Gasteiger partial charge in [-0.05, 0) is 23.3 Å². The van der Waals surface area contributed by atoms with Crippen LogP contribution in [-0.4, -0.2) is 23.5 Å². The van der Waals surface area contributed by atoms with E-state index in [2.05, 4.69) is 0 Å². The summed E-state index contributed by atoms with van der Waals surface area (Å²) in [5.41, 5.74) is 3.21. The van der Waals surface area contributed by atoms with Gasteiger partial charge in [0.1, 0.15) is 6.54 Å². The van der Waals surface area contributed by atoms with Gasteiger partial charge in [0.25, 0.3) is 0 Å². The van der Waals surface area contributed by atoms with Gasteiger partial charge in [0, 0.05) is 11.3 Å². The fraction of sp³-hybridized carbons (Fsp3) is 0.125. The molecular formula is C16H12ClNO3. The predicted molar refractivity (Wildman–Crippen MR) is 80.6 cm³/mol. The lowest BCUT2D eigenvalue weighted by atomic mass is 10.0. The number of benzene rings is 2. The number of carbonyl (C=O) groups is 2. The van der Waals surface area contributed by atoms with Crippen LogP contribution in [0.4, 0.5) is 5.69 Å². The number of carboxylic acid groups (broad SMARTS) is 1. The number of aliphatic carboxylic acids is 1. The molecule has 0 aromatic heterocycles. The van der Waals surface area contributed by atoms with E-state index < -0.39 is 5.97 Å². The quantitative estimate of drug-likeness (QED) is 0.948. The molecule has 1 aliphatic heterocycles. The van der Waals surface area contributed by atoms with Crippen molar-refractivity contribution < 1.29 is 14.7 Å². The lowest BCUT2D eigenvalue weighted by Crippen LogP contribution is -2.32. The SMILES string of the molecule is O=C(O)CN1C(=O)Cc2cc(-c3ccccc3)c(Cl)cc21. The van der Waals surface area contributed by atoms with Crippen molar-refractivity contribution in [3.05, 3.63) is 53.1 Å². The molecule has 0 saturated heterocycles. The second kappa shape index (κ2) is 5.22. The van der Waals surface area contributed by atoms with Gasteiger partial charge in [-0.1, -0.05) is 41.9 Å². The molecule has 2 aromatic rings. The molecule has 4 nitrogen and oxygen atoms in total. The number of carbonyl (C=O) groups excluding carboxylic acids is 1. The first kappa shape index (κ1) is 13.6. The van der Waals surface area contributed by atoms with Crippen molar-refractivity contribution in [1.29, 1.82) is 0 Å². The number of anilines is 1. The average Bonchev–Trinajstić information content (AvgIpc) is 2.74. The first-order valence-electron chi connectivity index (χ1n) is 6.46. The lowest BCUT2D eigenvalue weighted by molar-refractivity contribution is -0.136. The number of hydrogen-bond donors (Lipinski definition) is 1. The summed E-state index contributed by atoms with van der Waals surface area (Å²) in [6.07, 6.45) is 0.208. The van der Waals surface area contributed by atoms with E-state index >= 15 is 0 Å². The van der Waals surface area contributed by atoms with Crippen molar-refractivity contribution in [2.24, 2.45) is 0 Å². The molecule has 0 spiro atoms. The molecule has 1 amide bonds. The van der Waals surface area contributed by atoms with Crippen molar-refractivity contribution in [2.45, 2.75) is 6.42 Å². The van der Waals surface area contributed by atoms with Crippen LogP contribution < -0.4 is 4.90 Å². The van der Waals surface area contributed by atoms with Crippen LogP contribution in [0.15, 0.2) is 42.5 Å². The van der Waals surface area contributed by atoms with Crippen LogP contribution in [0.3, 0.4) is 0 Å². The van der Waals surface area contributed by atoms with Crippen molar-refractivity contribution in [3.8, 4) is 11.1 Å². The molecule has 0 fully saturated rings. The van der Waals surface area contributed by atoms with Crippen molar-refractivity contribution in [3.63, 3.8) is 0 Å². The summed E-state index contributed by atoms with van der Waals surface area (Å²) in [5, 5.41) is 9.40. The van der Waals surface area contributed by atoms with Gasteiger partial charge >= 0.3 is 5.97 Å². The summed E-state index contributed by atoms with van der Waals surface area (Å²) in [6, 6.07) is 13.2. The maximum absolute atomic E-state index is 11.9. The topological polar surface area (TPSA) is 57.6 Å². The average molecular weight is 302 g/mol. The molecule has 0 bridgehead atoms. The number of halogens is 1. The Labute approximate surface area is 126 Å². The van der Waals surface area contributed by atoms with E-state index in [1.54, 1.807) is 6.07 Å². The lowest BCUT2D eigenvalue weighted by Gasteiger charge is -2.16. The first-order valence-corrected chi connectivity index (χ1v) is 6.84. The molecular weight excluding hydrogens is 290 g/mol. The van der Waals surface area contributed by atoms with E-state index in [1.807, 2.05) is 36.4 Å². The molecule has 21 heavy (non-hydrogen) atoms. The predicted octanol–water partition coefficient (Wildman–Crippen LogP) is 2.98. The fourth-order valence-corrected chi connectivity index (χ4v) is 2.81. The Morgan fingerprint density at radius 1 is 1.24 bits per heavy atom. The Hall–Kier alpha value is -2.33. The third-order valence-electron chi connectivity index (χ3n) is 3.48. The zero-order chi connectivity index (χ0) is 15.0. The molecule has 5 heteroatoms. The van der Waals surface area contributed by atoms with Crippen LogP contribution in [-0.2, 0) is 16.0 Å². The van der Waals surface area contributed by atoms with Gasteiger partial charge < -0.3 is 10.0 Å². The minimum atomic E-state index is -1.04. The molecule has 0 saturated carbocycles. The highest BCUT2D eigenvalue weighted by Crippen LogP contribution is 2.38. The third-order valence-corrected chi connectivity index (χ3v) is 3.79. The number of rotatable bonds is 3. The van der Waals surface area contributed by atoms with Gasteiger partial charge in [0.05, 0.1) is 11.4 Å². The Kier molecular flexibility index (Phi) is 3.39. The number of carboxylic acids is 1. The maximum atomic E-state index is 11.9. The summed E-state index contributed by atoms with van der Waals surface area (Å²) in [7, 11) is 0. The second-order valence-corrected chi connectivity index (χ2v) is 5.28. The van der Waals surface area contributed by atoms with Gasteiger partial charge in [-0.3, -0.25) is 9.59 Å². The van der Waals surface area contributed by atoms with E-state index in [0.29, 0.717) is 10.7 Å². The molecule has 1 heterocycles. The van der Waals surface area contributed by atoms with Gasteiger partial charge in [0.2, 0.25) is 5.91 Å². The van der Waals surface area contributed by atoms with Crippen molar-refractivity contribution in [1.82, 2.24) is 0 Å². The Morgan fingerprint density at radius 3 is 2.62 bits per heavy atom. The van der Waals surface area contributed by atoms with Crippen LogP contribution in [0.5, 0.6) is 0 Å². The van der Waals surface area contributed by atoms with Gasteiger partial charge in [-0.15, -0.1) is 0 Å². The zero-order valence-electron chi connectivity index (χ0n) is 11.0. The van der Waals surface area contributed by atoms with Gasteiger partial charge in [-0.2, -0.15) is 0 Å². The molecule has 2 aromatic carbocycles. The fourth-order valence-electron chi connectivity index (χ4n) is 2.54. The van der Waals surface area contributed by atoms with E-state index in [1.165, 1.54) is 4.90 Å². The van der Waals surface area contributed by atoms with Crippen LogP contribution in [0.1, 0.15) is 5.56 Å². The zero-order valence-corrected chi connectivity index (χ0v) is 11.8. The summed E-state index contributed by atoms with van der Waals surface area (Å²) < 4.78 is 0. The summed E-state index contributed by atoms with van der Waals surface area (Å²) >= 11 is 6.31. The highest BCUT2D eigenvalue weighted by atomic mass is 35.5. The smallest absolute Gasteiger partial charge is 0.323 e. The molecule has 0 atom stereocenters. The van der Waals surface area contributed by atoms with Crippen LogP contribution in [0.25, 0.3) is 11.1 Å². The van der Waals surface area contributed by atoms with Crippen LogP contribution in [0, 0.1) is 0 Å². The minimum Gasteiger partial charge on any atom is -0.480 e. The monoisotopic (exact) mass is 301 g/mol. The van der Waals surface area contributed by atoms with E-state index in [9.17, 15) is 9.59 Å². The number of hydrogen-bond acceptors (Lipinski definition) is 2. The Bertz CT molecular complexity index is 728. The van der Waals surface area contributed by atoms with E-state index in [-0.39, 0.29) is 18.9 Å². The number of fused-ring (bicyclic) bond motifs is 1. The second-order valence-electron chi connectivity index (χ2n) is 4.88. The highest BCUT2D eigenvalue weighted by molar-refractivity contribution is 6.34. The Morgan fingerprint density at radius 2 is 1.95 bits per heavy atom. The number of nitrogens with zero attached hydrogens (tertiary/aromatic N) is 1. The molecule has 0 unspecified atom stereocenters. The van der Waals surface area contributed by atoms with Crippen molar-refractivity contribution in [2.75, 3.05) is 11.4 Å².